The molecule has 0 radical (unpaired) electrons. The highest BCUT2D eigenvalue weighted by Crippen LogP contribution is 2.19. The minimum atomic E-state index is -0.0458. The molecule has 0 spiro atoms. The minimum absolute atomic E-state index is 0.00315. The van der Waals surface area contributed by atoms with Crippen LogP contribution in [-0.4, -0.2) is 44.9 Å². The molecule has 0 aliphatic carbocycles. The summed E-state index contributed by atoms with van der Waals surface area (Å²) < 4.78 is 1.75. The van der Waals surface area contributed by atoms with Gasteiger partial charge in [-0.1, -0.05) is 12.8 Å². The van der Waals surface area contributed by atoms with Crippen LogP contribution in [0.1, 0.15) is 48.8 Å². The van der Waals surface area contributed by atoms with Crippen molar-refractivity contribution in [2.24, 2.45) is 0 Å². The maximum Gasteiger partial charge on any atom is 0.272 e. The number of nitrogens with zero attached hydrogens (tertiary/aromatic N) is 3. The van der Waals surface area contributed by atoms with Crippen molar-refractivity contribution in [3.8, 4) is 0 Å². The lowest BCUT2D eigenvalue weighted by atomic mass is 10.1. The predicted octanol–water partition coefficient (Wildman–Crippen LogP) is 1.59. The van der Waals surface area contributed by atoms with Gasteiger partial charge in [0.15, 0.2) is 0 Å². The Hall–Kier alpha value is -1.36. The Morgan fingerprint density at radius 1 is 1.47 bits per heavy atom. The standard InChI is InChI=1S/C14H23N3O2/c1-3-17-13(9-11(2)15-17)14(19)16-8-6-4-5-7-12(16)10-18/h9,12,18H,3-8,10H2,1-2H3. The van der Waals surface area contributed by atoms with Crippen molar-refractivity contribution in [3.63, 3.8) is 0 Å². The first kappa shape index (κ1) is 14.1. The fraction of sp³-hybridized carbons (Fsp3) is 0.714. The van der Waals surface area contributed by atoms with E-state index in [0.29, 0.717) is 12.2 Å². The van der Waals surface area contributed by atoms with Gasteiger partial charge in [0, 0.05) is 13.1 Å². The molecule has 1 unspecified atom stereocenters. The second-order valence-corrected chi connectivity index (χ2v) is 5.17. The molecule has 0 aromatic carbocycles. The Morgan fingerprint density at radius 3 is 2.95 bits per heavy atom. The van der Waals surface area contributed by atoms with Crippen LogP contribution in [0.5, 0.6) is 0 Å². The van der Waals surface area contributed by atoms with E-state index in [1.165, 1.54) is 0 Å². The minimum Gasteiger partial charge on any atom is -0.394 e. The molecule has 5 heteroatoms. The fourth-order valence-corrected chi connectivity index (χ4v) is 2.74. The van der Waals surface area contributed by atoms with E-state index < -0.39 is 0 Å². The van der Waals surface area contributed by atoms with Gasteiger partial charge in [-0.25, -0.2) is 0 Å². The van der Waals surface area contributed by atoms with Crippen molar-refractivity contribution in [3.05, 3.63) is 17.5 Å². The van der Waals surface area contributed by atoms with Crippen molar-refractivity contribution >= 4 is 5.91 Å². The quantitative estimate of drug-likeness (QED) is 0.903. The van der Waals surface area contributed by atoms with Gasteiger partial charge >= 0.3 is 0 Å². The van der Waals surface area contributed by atoms with E-state index in [1.54, 1.807) is 4.68 Å². The first-order valence-corrected chi connectivity index (χ1v) is 7.13. The maximum atomic E-state index is 12.7. The average Bonchev–Trinajstić information content (AvgIpc) is 2.64. The number of aromatic nitrogens is 2. The molecule has 5 nitrogen and oxygen atoms in total. The molecule has 0 bridgehead atoms. The number of carbonyl (C=O) groups excluding carboxylic acids is 1. The Balaban J connectivity index is 2.24. The summed E-state index contributed by atoms with van der Waals surface area (Å²) in [4.78, 5) is 14.5. The number of aliphatic hydroxyl groups is 1. The third kappa shape index (κ3) is 2.97. The zero-order chi connectivity index (χ0) is 13.8. The smallest absolute Gasteiger partial charge is 0.272 e. The number of likely N-dealkylation sites (tertiary alicyclic amines) is 1. The lowest BCUT2D eigenvalue weighted by Gasteiger charge is -2.28. The van der Waals surface area contributed by atoms with Crippen LogP contribution in [0.25, 0.3) is 0 Å². The third-order valence-electron chi connectivity index (χ3n) is 3.77. The summed E-state index contributed by atoms with van der Waals surface area (Å²) in [5, 5.41) is 13.8. The highest BCUT2D eigenvalue weighted by Gasteiger charge is 2.27. The molecule has 1 atom stereocenters. The molecular formula is C14H23N3O2. The molecule has 1 saturated heterocycles. The van der Waals surface area contributed by atoms with E-state index in [0.717, 1.165) is 37.9 Å². The largest absolute Gasteiger partial charge is 0.394 e. The molecule has 1 aromatic rings. The number of carbonyl (C=O) groups is 1. The van der Waals surface area contributed by atoms with Crippen molar-refractivity contribution in [2.75, 3.05) is 13.2 Å². The molecule has 1 amide bonds. The molecule has 2 heterocycles. The summed E-state index contributed by atoms with van der Waals surface area (Å²) >= 11 is 0. The molecule has 1 aliphatic heterocycles. The van der Waals surface area contributed by atoms with Crippen LogP contribution in [0.3, 0.4) is 0 Å². The van der Waals surface area contributed by atoms with Crippen LogP contribution in [-0.2, 0) is 6.54 Å². The first-order chi connectivity index (χ1) is 9.17. The number of aliphatic hydroxyl groups excluding tert-OH is 1. The molecular weight excluding hydrogens is 242 g/mol. The summed E-state index contributed by atoms with van der Waals surface area (Å²) in [6.45, 7) is 5.35. The van der Waals surface area contributed by atoms with Gasteiger partial charge in [-0.05, 0) is 32.8 Å². The fourth-order valence-electron chi connectivity index (χ4n) is 2.74. The van der Waals surface area contributed by atoms with Crippen LogP contribution in [0, 0.1) is 6.92 Å². The summed E-state index contributed by atoms with van der Waals surface area (Å²) in [6, 6.07) is 1.79. The zero-order valence-corrected chi connectivity index (χ0v) is 11.8. The van der Waals surface area contributed by atoms with E-state index in [4.69, 9.17) is 0 Å². The van der Waals surface area contributed by atoms with Gasteiger partial charge in [-0.3, -0.25) is 9.48 Å². The summed E-state index contributed by atoms with van der Waals surface area (Å²) in [5.41, 5.74) is 1.50. The van der Waals surface area contributed by atoms with E-state index in [9.17, 15) is 9.90 Å². The number of rotatable bonds is 3. The first-order valence-electron chi connectivity index (χ1n) is 7.13. The molecule has 19 heavy (non-hydrogen) atoms. The Bertz CT molecular complexity index is 442. The topological polar surface area (TPSA) is 58.4 Å². The highest BCUT2D eigenvalue weighted by molar-refractivity contribution is 5.93. The third-order valence-corrected chi connectivity index (χ3v) is 3.77. The Morgan fingerprint density at radius 2 is 2.26 bits per heavy atom. The van der Waals surface area contributed by atoms with Crippen molar-refractivity contribution < 1.29 is 9.90 Å². The maximum absolute atomic E-state index is 12.7. The number of hydrogen-bond donors (Lipinski definition) is 1. The van der Waals surface area contributed by atoms with Gasteiger partial charge in [-0.15, -0.1) is 0 Å². The second kappa shape index (κ2) is 6.19. The highest BCUT2D eigenvalue weighted by atomic mass is 16.3. The molecule has 1 N–H and O–H groups in total. The van der Waals surface area contributed by atoms with Crippen molar-refractivity contribution in [1.29, 1.82) is 0 Å². The van der Waals surface area contributed by atoms with E-state index >= 15 is 0 Å². The van der Waals surface area contributed by atoms with Gasteiger partial charge in [0.25, 0.3) is 5.91 Å². The van der Waals surface area contributed by atoms with Crippen LogP contribution < -0.4 is 0 Å². The number of hydrogen-bond acceptors (Lipinski definition) is 3. The van der Waals surface area contributed by atoms with E-state index in [1.807, 2.05) is 24.8 Å². The monoisotopic (exact) mass is 265 g/mol. The predicted molar refractivity (Wildman–Crippen MR) is 73.0 cm³/mol. The van der Waals surface area contributed by atoms with Crippen molar-refractivity contribution in [1.82, 2.24) is 14.7 Å². The number of aryl methyl sites for hydroxylation is 2. The van der Waals surface area contributed by atoms with Crippen LogP contribution >= 0.6 is 0 Å². The summed E-state index contributed by atoms with van der Waals surface area (Å²) in [5.74, 6) is 0.00315. The summed E-state index contributed by atoms with van der Waals surface area (Å²) in [7, 11) is 0. The van der Waals surface area contributed by atoms with Gasteiger partial charge in [0.2, 0.25) is 0 Å². The van der Waals surface area contributed by atoms with Gasteiger partial charge in [0.1, 0.15) is 5.69 Å². The molecule has 106 valence electrons. The van der Waals surface area contributed by atoms with E-state index in [2.05, 4.69) is 5.10 Å². The lowest BCUT2D eigenvalue weighted by molar-refractivity contribution is 0.0587. The van der Waals surface area contributed by atoms with Crippen LogP contribution in [0.15, 0.2) is 6.07 Å². The molecule has 1 aromatic heterocycles. The SMILES string of the molecule is CCn1nc(C)cc1C(=O)N1CCCCCC1CO. The Kier molecular flexibility index (Phi) is 4.58. The zero-order valence-electron chi connectivity index (χ0n) is 11.8. The second-order valence-electron chi connectivity index (χ2n) is 5.17. The van der Waals surface area contributed by atoms with Crippen LogP contribution in [0.2, 0.25) is 0 Å². The van der Waals surface area contributed by atoms with E-state index in [-0.39, 0.29) is 18.6 Å². The van der Waals surface area contributed by atoms with Crippen LogP contribution in [0.4, 0.5) is 0 Å². The molecule has 1 aliphatic rings. The number of amides is 1. The molecule has 2 rings (SSSR count). The average molecular weight is 265 g/mol. The van der Waals surface area contributed by atoms with Gasteiger partial charge in [0.05, 0.1) is 18.3 Å². The van der Waals surface area contributed by atoms with Gasteiger partial charge < -0.3 is 10.0 Å². The summed E-state index contributed by atoms with van der Waals surface area (Å²) in [6.07, 6.45) is 4.12. The Labute approximate surface area is 114 Å². The molecule has 1 fully saturated rings. The lowest BCUT2D eigenvalue weighted by Crippen LogP contribution is -2.42. The normalized spacial score (nSPS) is 20.4. The van der Waals surface area contributed by atoms with Gasteiger partial charge in [-0.2, -0.15) is 5.10 Å². The molecule has 0 saturated carbocycles. The van der Waals surface area contributed by atoms with Crippen molar-refractivity contribution in [2.45, 2.75) is 52.1 Å².